The van der Waals surface area contributed by atoms with E-state index in [1.807, 2.05) is 0 Å². The number of nitrogens with zero attached hydrogens (tertiary/aromatic N) is 1. The van der Waals surface area contributed by atoms with Gasteiger partial charge >= 0.3 is 0 Å². The summed E-state index contributed by atoms with van der Waals surface area (Å²) in [6.07, 6.45) is 8.45. The standard InChI is InChI=1S/C15H30N2/c1-3-4-14-6-9-17(10-7-14)12-15-11-13(2)5-8-16-15/h13-16H,3-12H2,1-2H3. The first-order valence-corrected chi connectivity index (χ1v) is 7.73. The molecule has 2 heteroatoms. The van der Waals surface area contributed by atoms with Crippen molar-refractivity contribution < 1.29 is 0 Å². The predicted octanol–water partition coefficient (Wildman–Crippen LogP) is 2.89. The van der Waals surface area contributed by atoms with Gasteiger partial charge in [0.25, 0.3) is 0 Å². The van der Waals surface area contributed by atoms with Crippen LogP contribution < -0.4 is 5.32 Å². The van der Waals surface area contributed by atoms with E-state index in [1.165, 1.54) is 64.7 Å². The largest absolute Gasteiger partial charge is 0.313 e. The van der Waals surface area contributed by atoms with E-state index >= 15 is 0 Å². The Bertz CT molecular complexity index is 209. The number of nitrogens with one attached hydrogen (secondary N) is 1. The van der Waals surface area contributed by atoms with Crippen LogP contribution in [0.15, 0.2) is 0 Å². The summed E-state index contributed by atoms with van der Waals surface area (Å²) >= 11 is 0. The van der Waals surface area contributed by atoms with E-state index < -0.39 is 0 Å². The van der Waals surface area contributed by atoms with Gasteiger partial charge in [-0.25, -0.2) is 0 Å². The van der Waals surface area contributed by atoms with Crippen molar-refractivity contribution in [3.8, 4) is 0 Å². The van der Waals surface area contributed by atoms with Gasteiger partial charge in [-0.15, -0.1) is 0 Å². The van der Waals surface area contributed by atoms with Gasteiger partial charge in [-0.05, 0) is 57.2 Å². The Balaban J connectivity index is 1.67. The smallest absolute Gasteiger partial charge is 0.0197 e. The highest BCUT2D eigenvalue weighted by atomic mass is 15.2. The third-order valence-corrected chi connectivity index (χ3v) is 4.64. The minimum absolute atomic E-state index is 0.765. The lowest BCUT2D eigenvalue weighted by Gasteiger charge is -2.37. The molecule has 0 bridgehead atoms. The van der Waals surface area contributed by atoms with Gasteiger partial charge in [0.1, 0.15) is 0 Å². The van der Waals surface area contributed by atoms with Crippen LogP contribution in [0.2, 0.25) is 0 Å². The van der Waals surface area contributed by atoms with Gasteiger partial charge in [-0.3, -0.25) is 0 Å². The van der Waals surface area contributed by atoms with Crippen molar-refractivity contribution >= 4 is 0 Å². The zero-order valence-corrected chi connectivity index (χ0v) is 11.8. The molecule has 2 heterocycles. The maximum absolute atomic E-state index is 3.69. The zero-order valence-electron chi connectivity index (χ0n) is 11.8. The second-order valence-corrected chi connectivity index (χ2v) is 6.31. The Morgan fingerprint density at radius 2 is 1.94 bits per heavy atom. The molecule has 0 aromatic carbocycles. The van der Waals surface area contributed by atoms with Crippen LogP contribution in [0.1, 0.15) is 52.4 Å². The Morgan fingerprint density at radius 1 is 1.18 bits per heavy atom. The molecule has 0 radical (unpaired) electrons. The summed E-state index contributed by atoms with van der Waals surface area (Å²) in [5, 5.41) is 3.69. The van der Waals surface area contributed by atoms with E-state index in [4.69, 9.17) is 0 Å². The highest BCUT2D eigenvalue weighted by Gasteiger charge is 2.23. The summed E-state index contributed by atoms with van der Waals surface area (Å²) in [6, 6.07) is 0.765. The maximum atomic E-state index is 3.69. The van der Waals surface area contributed by atoms with Gasteiger partial charge < -0.3 is 10.2 Å². The molecule has 2 aliphatic rings. The van der Waals surface area contributed by atoms with Crippen LogP contribution in [-0.2, 0) is 0 Å². The summed E-state index contributed by atoms with van der Waals surface area (Å²) in [7, 11) is 0. The molecule has 0 aliphatic carbocycles. The fourth-order valence-electron chi connectivity index (χ4n) is 3.54. The molecule has 17 heavy (non-hydrogen) atoms. The van der Waals surface area contributed by atoms with E-state index in [9.17, 15) is 0 Å². The number of rotatable bonds is 4. The minimum atomic E-state index is 0.765. The second kappa shape index (κ2) is 6.75. The Labute approximate surface area is 107 Å². The molecule has 2 nitrogen and oxygen atoms in total. The summed E-state index contributed by atoms with van der Waals surface area (Å²) in [6.45, 7) is 9.94. The summed E-state index contributed by atoms with van der Waals surface area (Å²) in [5.74, 6) is 1.95. The minimum Gasteiger partial charge on any atom is -0.313 e. The third-order valence-electron chi connectivity index (χ3n) is 4.64. The van der Waals surface area contributed by atoms with Gasteiger partial charge in [-0.2, -0.15) is 0 Å². The van der Waals surface area contributed by atoms with E-state index in [0.717, 1.165) is 17.9 Å². The molecule has 0 amide bonds. The average molecular weight is 238 g/mol. The SMILES string of the molecule is CCCC1CCN(CC2CC(C)CCN2)CC1. The van der Waals surface area contributed by atoms with Crippen molar-refractivity contribution in [1.29, 1.82) is 0 Å². The molecule has 2 saturated heterocycles. The van der Waals surface area contributed by atoms with Crippen molar-refractivity contribution in [2.45, 2.75) is 58.4 Å². The highest BCUT2D eigenvalue weighted by molar-refractivity contribution is 4.81. The summed E-state index contributed by atoms with van der Waals surface area (Å²) in [5.41, 5.74) is 0. The lowest BCUT2D eigenvalue weighted by Crippen LogP contribution is -2.47. The maximum Gasteiger partial charge on any atom is 0.0197 e. The predicted molar refractivity (Wildman–Crippen MR) is 74.3 cm³/mol. The lowest BCUT2D eigenvalue weighted by atomic mass is 9.90. The average Bonchev–Trinajstić information content (AvgIpc) is 2.32. The molecule has 1 N–H and O–H groups in total. The molecular weight excluding hydrogens is 208 g/mol. The van der Waals surface area contributed by atoms with Crippen molar-refractivity contribution in [2.24, 2.45) is 11.8 Å². The van der Waals surface area contributed by atoms with Gasteiger partial charge in [0.05, 0.1) is 0 Å². The quantitative estimate of drug-likeness (QED) is 0.810. The van der Waals surface area contributed by atoms with E-state index in [2.05, 4.69) is 24.1 Å². The van der Waals surface area contributed by atoms with Gasteiger partial charge in [0.15, 0.2) is 0 Å². The van der Waals surface area contributed by atoms with Crippen molar-refractivity contribution in [3.63, 3.8) is 0 Å². The van der Waals surface area contributed by atoms with Crippen LogP contribution in [0, 0.1) is 11.8 Å². The molecule has 0 spiro atoms. The second-order valence-electron chi connectivity index (χ2n) is 6.31. The molecule has 0 aromatic rings. The Hall–Kier alpha value is -0.0800. The molecule has 100 valence electrons. The van der Waals surface area contributed by atoms with Crippen LogP contribution in [0.5, 0.6) is 0 Å². The molecular formula is C15H30N2. The van der Waals surface area contributed by atoms with Crippen LogP contribution >= 0.6 is 0 Å². The highest BCUT2D eigenvalue weighted by Crippen LogP contribution is 2.23. The first-order chi connectivity index (χ1) is 8.28. The molecule has 0 aromatic heterocycles. The zero-order chi connectivity index (χ0) is 12.1. The first-order valence-electron chi connectivity index (χ1n) is 7.73. The van der Waals surface area contributed by atoms with Crippen LogP contribution in [-0.4, -0.2) is 37.1 Å². The molecule has 2 unspecified atom stereocenters. The van der Waals surface area contributed by atoms with Crippen LogP contribution in [0.3, 0.4) is 0 Å². The van der Waals surface area contributed by atoms with Crippen molar-refractivity contribution in [3.05, 3.63) is 0 Å². The van der Waals surface area contributed by atoms with Gasteiger partial charge in [0, 0.05) is 12.6 Å². The van der Waals surface area contributed by atoms with Gasteiger partial charge in [-0.1, -0.05) is 26.7 Å². The summed E-state index contributed by atoms with van der Waals surface area (Å²) in [4.78, 5) is 2.70. The van der Waals surface area contributed by atoms with Crippen molar-refractivity contribution in [1.82, 2.24) is 10.2 Å². The normalized spacial score (nSPS) is 32.8. The summed E-state index contributed by atoms with van der Waals surface area (Å²) < 4.78 is 0. The van der Waals surface area contributed by atoms with Crippen molar-refractivity contribution in [2.75, 3.05) is 26.2 Å². The van der Waals surface area contributed by atoms with E-state index in [-0.39, 0.29) is 0 Å². The molecule has 0 saturated carbocycles. The molecule has 2 aliphatic heterocycles. The van der Waals surface area contributed by atoms with Crippen LogP contribution in [0.25, 0.3) is 0 Å². The Kier molecular flexibility index (Phi) is 5.30. The number of piperidine rings is 2. The molecule has 2 rings (SSSR count). The first kappa shape index (κ1) is 13.4. The van der Waals surface area contributed by atoms with Gasteiger partial charge in [0.2, 0.25) is 0 Å². The van der Waals surface area contributed by atoms with E-state index in [0.29, 0.717) is 0 Å². The Morgan fingerprint density at radius 3 is 2.59 bits per heavy atom. The molecule has 2 atom stereocenters. The lowest BCUT2D eigenvalue weighted by molar-refractivity contribution is 0.148. The topological polar surface area (TPSA) is 15.3 Å². The third kappa shape index (κ3) is 4.26. The monoisotopic (exact) mass is 238 g/mol. The van der Waals surface area contributed by atoms with Crippen LogP contribution in [0.4, 0.5) is 0 Å². The number of hydrogen-bond donors (Lipinski definition) is 1. The fraction of sp³-hybridized carbons (Fsp3) is 1.00. The fourth-order valence-corrected chi connectivity index (χ4v) is 3.54. The molecule has 2 fully saturated rings. The van der Waals surface area contributed by atoms with E-state index in [1.54, 1.807) is 0 Å². The number of likely N-dealkylation sites (tertiary alicyclic amines) is 1. The number of hydrogen-bond acceptors (Lipinski definition) is 2.